The van der Waals surface area contributed by atoms with Gasteiger partial charge in [0.1, 0.15) is 8.07 Å². The van der Waals surface area contributed by atoms with Gasteiger partial charge in [-0.25, -0.2) is 0 Å². The first-order valence-electron chi connectivity index (χ1n) is 9.70. The largest absolute Gasteiger partial charge is 0.256 e. The molecule has 0 fully saturated rings. The highest BCUT2D eigenvalue weighted by Gasteiger charge is 2.40. The van der Waals surface area contributed by atoms with Crippen LogP contribution in [-0.4, -0.2) is 13.1 Å². The fourth-order valence-corrected chi connectivity index (χ4v) is 10.4. The van der Waals surface area contributed by atoms with E-state index in [9.17, 15) is 0 Å². The van der Waals surface area contributed by atoms with Crippen LogP contribution >= 0.6 is 11.3 Å². The number of benzene rings is 2. The quantitative estimate of drug-likeness (QED) is 0.374. The summed E-state index contributed by atoms with van der Waals surface area (Å²) in [6.07, 6.45) is 3.14. The molecule has 4 aromatic rings. The lowest BCUT2D eigenvalue weighted by atomic mass is 9.91. The molecule has 0 saturated carbocycles. The normalized spacial score (nSPS) is 15.3. The molecule has 1 aliphatic rings. The molecule has 3 heteroatoms. The third-order valence-corrected chi connectivity index (χ3v) is 10.7. The molecule has 0 bridgehead atoms. The Morgan fingerprint density at radius 2 is 1.70 bits per heavy atom. The number of hydrogen-bond acceptors (Lipinski definition) is 2. The van der Waals surface area contributed by atoms with Gasteiger partial charge in [-0.15, -0.1) is 11.3 Å². The summed E-state index contributed by atoms with van der Waals surface area (Å²) in [4.78, 5) is 6.48. The summed E-state index contributed by atoms with van der Waals surface area (Å²) < 4.78 is 1.41. The number of aromatic nitrogens is 1. The number of fused-ring (bicyclic) bond motifs is 3. The van der Waals surface area contributed by atoms with Gasteiger partial charge in [-0.1, -0.05) is 64.2 Å². The number of hydrogen-bond donors (Lipinski definition) is 0. The first kappa shape index (κ1) is 17.1. The van der Waals surface area contributed by atoms with Gasteiger partial charge < -0.3 is 0 Å². The van der Waals surface area contributed by atoms with E-state index in [1.54, 1.807) is 15.3 Å². The van der Waals surface area contributed by atoms with Crippen LogP contribution in [0.25, 0.3) is 32.1 Å². The second kappa shape index (κ2) is 5.52. The Labute approximate surface area is 166 Å². The third-order valence-electron chi connectivity index (χ3n) is 5.80. The van der Waals surface area contributed by atoms with Crippen molar-refractivity contribution in [3.63, 3.8) is 0 Å². The molecule has 1 nitrogen and oxygen atoms in total. The zero-order valence-electron chi connectivity index (χ0n) is 16.7. The highest BCUT2D eigenvalue weighted by molar-refractivity contribution is 7.23. The molecule has 0 saturated heterocycles. The Morgan fingerprint density at radius 1 is 1.00 bits per heavy atom. The van der Waals surface area contributed by atoms with Crippen molar-refractivity contribution < 1.29 is 0 Å². The van der Waals surface area contributed by atoms with E-state index in [-0.39, 0.29) is 0 Å². The second-order valence-corrected chi connectivity index (χ2v) is 15.0. The van der Waals surface area contributed by atoms with E-state index in [2.05, 4.69) is 76.3 Å². The predicted molar refractivity (Wildman–Crippen MR) is 122 cm³/mol. The van der Waals surface area contributed by atoms with Crippen LogP contribution in [0.1, 0.15) is 25.6 Å². The molecule has 2 aromatic heterocycles. The average Bonchev–Trinajstić information content (AvgIpc) is 2.96. The van der Waals surface area contributed by atoms with Crippen molar-refractivity contribution in [2.45, 2.75) is 40.3 Å². The van der Waals surface area contributed by atoms with Crippen molar-refractivity contribution in [2.75, 3.05) is 0 Å². The summed E-state index contributed by atoms with van der Waals surface area (Å²) in [5, 5.41) is 7.29. The van der Waals surface area contributed by atoms with Crippen LogP contribution in [0.5, 0.6) is 0 Å². The van der Waals surface area contributed by atoms with Crippen molar-refractivity contribution in [2.24, 2.45) is 5.41 Å². The van der Waals surface area contributed by atoms with Crippen LogP contribution in [0.2, 0.25) is 13.1 Å². The first-order chi connectivity index (χ1) is 12.8. The van der Waals surface area contributed by atoms with E-state index in [0.29, 0.717) is 5.41 Å². The molecular weight excluding hydrogens is 362 g/mol. The van der Waals surface area contributed by atoms with Gasteiger partial charge in [0.05, 0.1) is 5.69 Å². The summed E-state index contributed by atoms with van der Waals surface area (Å²) in [5.74, 6) is 0. The first-order valence-corrected chi connectivity index (χ1v) is 13.5. The van der Waals surface area contributed by atoms with Crippen LogP contribution in [0.4, 0.5) is 0 Å². The molecule has 2 aromatic carbocycles. The van der Waals surface area contributed by atoms with E-state index >= 15 is 0 Å². The van der Waals surface area contributed by atoms with Gasteiger partial charge in [-0.2, -0.15) is 0 Å². The molecule has 0 atom stereocenters. The lowest BCUT2D eigenvalue weighted by molar-refractivity contribution is 0.415. The summed E-state index contributed by atoms with van der Waals surface area (Å²) >= 11 is 2.00. The molecule has 0 radical (unpaired) electrons. The van der Waals surface area contributed by atoms with Gasteiger partial charge in [0.15, 0.2) is 0 Å². The van der Waals surface area contributed by atoms with Crippen LogP contribution in [0, 0.1) is 5.41 Å². The molecule has 5 rings (SSSR count). The van der Waals surface area contributed by atoms with Gasteiger partial charge in [0, 0.05) is 26.7 Å². The molecule has 136 valence electrons. The highest BCUT2D eigenvalue weighted by atomic mass is 32.1. The zero-order valence-corrected chi connectivity index (χ0v) is 18.5. The number of nitrogens with zero attached hydrogens (tertiary/aromatic N) is 1. The van der Waals surface area contributed by atoms with E-state index < -0.39 is 8.07 Å². The fourth-order valence-electron chi connectivity index (χ4n) is 4.65. The summed E-state index contributed by atoms with van der Waals surface area (Å²) in [5.41, 5.74) is 2.86. The molecule has 0 amide bonds. The number of thiophene rings is 1. The third kappa shape index (κ3) is 2.52. The highest BCUT2D eigenvalue weighted by Crippen LogP contribution is 2.39. The second-order valence-electron chi connectivity index (χ2n) is 9.54. The van der Waals surface area contributed by atoms with Crippen molar-refractivity contribution in [1.82, 2.24) is 4.98 Å². The molecule has 0 unspecified atom stereocenters. The molecule has 0 N–H and O–H groups in total. The van der Waals surface area contributed by atoms with E-state index in [0.717, 1.165) is 6.42 Å². The number of rotatable bonds is 1. The Bertz CT molecular complexity index is 1210. The topological polar surface area (TPSA) is 12.9 Å². The van der Waals surface area contributed by atoms with Crippen molar-refractivity contribution in [3.05, 3.63) is 53.5 Å². The Hall–Kier alpha value is -1.97. The Morgan fingerprint density at radius 3 is 2.41 bits per heavy atom. The maximum absolute atomic E-state index is 4.89. The lowest BCUT2D eigenvalue weighted by Gasteiger charge is -2.33. The minimum atomic E-state index is -1.80. The van der Waals surface area contributed by atoms with E-state index in [4.69, 9.17) is 4.98 Å². The Kier molecular flexibility index (Phi) is 3.51. The molecular formula is C24H25NSSi. The maximum Gasteiger partial charge on any atom is 0.115 e. The molecule has 0 aliphatic carbocycles. The molecule has 3 heterocycles. The van der Waals surface area contributed by atoms with Gasteiger partial charge >= 0.3 is 0 Å². The smallest absolute Gasteiger partial charge is 0.115 e. The standard InChI is InChI=1S/C24H25NSSi/c1-24(2,3)14-19-23-21-18(26-19)10-11-25-22(21)17-12-15-8-6-7-9-16(15)13-20(17)27(23,4)5/h6-13H,14H2,1-5H3. The Balaban J connectivity index is 1.90. The van der Waals surface area contributed by atoms with Crippen LogP contribution in [-0.2, 0) is 6.42 Å². The lowest BCUT2D eigenvalue weighted by Crippen LogP contribution is -2.56. The zero-order chi connectivity index (χ0) is 19.0. The van der Waals surface area contributed by atoms with Crippen LogP contribution in [0.15, 0.2) is 48.7 Å². The minimum absolute atomic E-state index is 0.291. The van der Waals surface area contributed by atoms with E-state index in [1.807, 2.05) is 17.5 Å². The fraction of sp³-hybridized carbons (Fsp3) is 0.292. The van der Waals surface area contributed by atoms with Crippen molar-refractivity contribution >= 4 is 50.6 Å². The van der Waals surface area contributed by atoms with Crippen LogP contribution < -0.4 is 10.4 Å². The SMILES string of the molecule is CC(C)(C)Cc1sc2ccnc3c2c1[Si](C)(C)c1cc2ccccc2cc1-3. The van der Waals surface area contributed by atoms with Gasteiger partial charge in [0.2, 0.25) is 0 Å². The average molecular weight is 388 g/mol. The number of pyridine rings is 1. The molecule has 0 spiro atoms. The van der Waals surface area contributed by atoms with Crippen LogP contribution in [0.3, 0.4) is 0 Å². The summed E-state index contributed by atoms with van der Waals surface area (Å²) in [6.45, 7) is 12.1. The van der Waals surface area contributed by atoms with Crippen molar-refractivity contribution in [3.8, 4) is 11.3 Å². The molecule has 27 heavy (non-hydrogen) atoms. The maximum atomic E-state index is 4.89. The monoisotopic (exact) mass is 387 g/mol. The van der Waals surface area contributed by atoms with E-state index in [1.165, 1.54) is 32.1 Å². The summed E-state index contributed by atoms with van der Waals surface area (Å²) in [6, 6.07) is 15.8. The van der Waals surface area contributed by atoms with Crippen molar-refractivity contribution in [1.29, 1.82) is 0 Å². The minimum Gasteiger partial charge on any atom is -0.256 e. The predicted octanol–water partition coefficient (Wildman–Crippen LogP) is 5.84. The van der Waals surface area contributed by atoms with Gasteiger partial charge in [0.25, 0.3) is 0 Å². The van der Waals surface area contributed by atoms with Gasteiger partial charge in [-0.3, -0.25) is 4.98 Å². The summed E-state index contributed by atoms with van der Waals surface area (Å²) in [7, 11) is -1.80. The molecule has 1 aliphatic heterocycles. The van der Waals surface area contributed by atoms with Gasteiger partial charge in [-0.05, 0) is 45.1 Å².